The molecule has 5 rings (SSSR count). The molecule has 4 nitrogen and oxygen atoms in total. The zero-order valence-corrected chi connectivity index (χ0v) is 15.3. The Kier molecular flexibility index (Phi) is 3.69. The molecule has 0 amide bonds. The molecule has 2 aliphatic rings. The summed E-state index contributed by atoms with van der Waals surface area (Å²) in [5, 5.41) is 10.1. The van der Waals surface area contributed by atoms with Gasteiger partial charge in [0.15, 0.2) is 0 Å². The average molecular weight is 398 g/mol. The highest BCUT2D eigenvalue weighted by molar-refractivity contribution is 5.98. The summed E-state index contributed by atoms with van der Waals surface area (Å²) in [6.07, 6.45) is 1.93. The highest BCUT2D eigenvalue weighted by Crippen LogP contribution is 2.60. The van der Waals surface area contributed by atoms with Crippen molar-refractivity contribution in [3.05, 3.63) is 71.2 Å². The predicted octanol–water partition coefficient (Wildman–Crippen LogP) is 5.25. The van der Waals surface area contributed by atoms with Gasteiger partial charge in [-0.1, -0.05) is 36.8 Å². The molecule has 1 aromatic carbocycles. The number of carboxylic acid groups (broad SMARTS) is 1. The smallest absolute Gasteiger partial charge is 0.431 e. The molecule has 1 unspecified atom stereocenters. The zero-order chi connectivity index (χ0) is 20.4. The van der Waals surface area contributed by atoms with Gasteiger partial charge in [-0.05, 0) is 41.7 Å². The van der Waals surface area contributed by atoms with Crippen molar-refractivity contribution in [2.24, 2.45) is 5.41 Å². The Hall–Kier alpha value is -3.09. The fourth-order valence-corrected chi connectivity index (χ4v) is 4.81. The van der Waals surface area contributed by atoms with Crippen LogP contribution >= 0.6 is 0 Å². The van der Waals surface area contributed by atoms with Gasteiger partial charge in [-0.2, -0.15) is 13.2 Å². The van der Waals surface area contributed by atoms with Gasteiger partial charge >= 0.3 is 12.1 Å². The average Bonchev–Trinajstić information content (AvgIpc) is 3.24. The molecule has 2 heterocycles. The number of alkyl halides is 3. The van der Waals surface area contributed by atoms with Crippen molar-refractivity contribution in [1.29, 1.82) is 0 Å². The van der Waals surface area contributed by atoms with E-state index in [1.807, 2.05) is 30.3 Å². The third kappa shape index (κ3) is 2.46. The van der Waals surface area contributed by atoms with Gasteiger partial charge in [-0.15, -0.1) is 0 Å². The van der Waals surface area contributed by atoms with Crippen LogP contribution in [0.15, 0.2) is 48.8 Å². The summed E-state index contributed by atoms with van der Waals surface area (Å²) in [6, 6.07) is 10.0. The molecule has 2 aromatic heterocycles. The summed E-state index contributed by atoms with van der Waals surface area (Å²) in [4.78, 5) is 16.5. The van der Waals surface area contributed by atoms with Gasteiger partial charge < -0.3 is 5.11 Å². The van der Waals surface area contributed by atoms with Crippen molar-refractivity contribution in [3.63, 3.8) is 0 Å². The molecule has 2 aliphatic carbocycles. The van der Waals surface area contributed by atoms with E-state index < -0.39 is 29.2 Å². The molecule has 0 spiro atoms. The van der Waals surface area contributed by atoms with E-state index in [2.05, 4.69) is 4.98 Å². The highest BCUT2D eigenvalue weighted by Gasteiger charge is 2.54. The minimum Gasteiger partial charge on any atom is -0.481 e. The Morgan fingerprint density at radius 2 is 1.93 bits per heavy atom. The van der Waals surface area contributed by atoms with Crippen LogP contribution in [0.5, 0.6) is 0 Å². The number of allylic oxidation sites excluding steroid dienone is 1. The number of aromatic nitrogens is 2. The molecule has 1 atom stereocenters. The van der Waals surface area contributed by atoms with Crippen LogP contribution in [-0.4, -0.2) is 20.5 Å². The molecule has 7 heteroatoms. The van der Waals surface area contributed by atoms with Crippen molar-refractivity contribution in [3.8, 4) is 0 Å². The second-order valence-electron chi connectivity index (χ2n) is 7.73. The number of pyridine rings is 1. The van der Waals surface area contributed by atoms with Crippen LogP contribution in [0.2, 0.25) is 0 Å². The maximum absolute atomic E-state index is 13.4. The Morgan fingerprint density at radius 3 is 2.59 bits per heavy atom. The number of hydrogen-bond donors (Lipinski definition) is 1. The second kappa shape index (κ2) is 5.95. The van der Waals surface area contributed by atoms with Crippen molar-refractivity contribution >= 4 is 23.3 Å². The minimum atomic E-state index is -4.51. The van der Waals surface area contributed by atoms with Gasteiger partial charge in [0.05, 0.1) is 5.41 Å². The standard InChI is InChI=1S/C22H17F3N2O2/c23-22(24,25)17-7-6-15(19-26-10-11-27(17)19)16-12-13-4-1-2-5-14(13)18(16)21(20(28)29)8-3-9-21/h1-2,4-7,10-12,18H,3,8-9H2,(H,28,29). The van der Waals surface area contributed by atoms with E-state index in [0.717, 1.165) is 33.6 Å². The zero-order valence-electron chi connectivity index (χ0n) is 15.3. The summed E-state index contributed by atoms with van der Waals surface area (Å²) >= 11 is 0. The molecule has 29 heavy (non-hydrogen) atoms. The number of benzene rings is 1. The van der Waals surface area contributed by atoms with E-state index in [0.29, 0.717) is 18.4 Å². The van der Waals surface area contributed by atoms with Crippen molar-refractivity contribution < 1.29 is 23.1 Å². The first kappa shape index (κ1) is 18.0. The van der Waals surface area contributed by atoms with Gasteiger partial charge in [0.1, 0.15) is 11.3 Å². The second-order valence-corrected chi connectivity index (χ2v) is 7.73. The molecular formula is C22H17F3N2O2. The number of halogens is 3. The first-order valence-electron chi connectivity index (χ1n) is 9.40. The number of rotatable bonds is 3. The molecule has 0 bridgehead atoms. The van der Waals surface area contributed by atoms with E-state index >= 15 is 0 Å². The number of nitrogens with zero attached hydrogens (tertiary/aromatic N) is 2. The summed E-state index contributed by atoms with van der Waals surface area (Å²) in [6.45, 7) is 0. The monoisotopic (exact) mass is 398 g/mol. The summed E-state index contributed by atoms with van der Waals surface area (Å²) < 4.78 is 41.3. The highest BCUT2D eigenvalue weighted by atomic mass is 19.4. The molecule has 3 aromatic rings. The number of hydrogen-bond acceptors (Lipinski definition) is 2. The van der Waals surface area contributed by atoms with E-state index in [1.165, 1.54) is 18.5 Å². The van der Waals surface area contributed by atoms with Gasteiger partial charge in [0, 0.05) is 23.9 Å². The topological polar surface area (TPSA) is 54.6 Å². The Morgan fingerprint density at radius 1 is 1.17 bits per heavy atom. The largest absolute Gasteiger partial charge is 0.481 e. The third-order valence-corrected chi connectivity index (χ3v) is 6.30. The van der Waals surface area contributed by atoms with Gasteiger partial charge in [-0.25, -0.2) is 4.98 Å². The normalized spacial score (nSPS) is 20.2. The van der Waals surface area contributed by atoms with E-state index in [-0.39, 0.29) is 5.65 Å². The van der Waals surface area contributed by atoms with Gasteiger partial charge in [0.2, 0.25) is 0 Å². The molecule has 0 saturated heterocycles. The molecule has 0 aliphatic heterocycles. The molecular weight excluding hydrogens is 381 g/mol. The third-order valence-electron chi connectivity index (χ3n) is 6.30. The fraction of sp³-hybridized carbons (Fsp3) is 0.273. The van der Waals surface area contributed by atoms with Crippen LogP contribution in [0.1, 0.15) is 47.6 Å². The van der Waals surface area contributed by atoms with Crippen LogP contribution in [-0.2, 0) is 11.0 Å². The summed E-state index contributed by atoms with van der Waals surface area (Å²) in [5.74, 6) is -1.27. The van der Waals surface area contributed by atoms with Crippen LogP contribution in [0, 0.1) is 5.41 Å². The lowest BCUT2D eigenvalue weighted by Crippen LogP contribution is -2.43. The summed E-state index contributed by atoms with van der Waals surface area (Å²) in [5.41, 5.74) is 1.51. The number of aliphatic carboxylic acids is 1. The lowest BCUT2D eigenvalue weighted by molar-refractivity contribution is -0.155. The van der Waals surface area contributed by atoms with Crippen LogP contribution in [0.4, 0.5) is 13.2 Å². The number of carbonyl (C=O) groups is 1. The van der Waals surface area contributed by atoms with Crippen LogP contribution < -0.4 is 0 Å². The Balaban J connectivity index is 1.74. The Bertz CT molecular complexity index is 1170. The number of carboxylic acids is 1. The van der Waals surface area contributed by atoms with Crippen molar-refractivity contribution in [2.75, 3.05) is 0 Å². The van der Waals surface area contributed by atoms with E-state index in [9.17, 15) is 23.1 Å². The SMILES string of the molecule is O=C(O)C1(C2C(c3ccc(C(F)(F)F)n4ccnc34)=Cc3ccccc32)CCC1. The lowest BCUT2D eigenvalue weighted by atomic mass is 9.57. The molecule has 1 saturated carbocycles. The first-order valence-corrected chi connectivity index (χ1v) is 9.40. The van der Waals surface area contributed by atoms with Crippen molar-refractivity contribution in [1.82, 2.24) is 9.38 Å². The van der Waals surface area contributed by atoms with E-state index in [1.54, 1.807) is 0 Å². The maximum Gasteiger partial charge on any atom is 0.431 e. The van der Waals surface area contributed by atoms with Crippen molar-refractivity contribution in [2.45, 2.75) is 31.4 Å². The molecule has 0 radical (unpaired) electrons. The van der Waals surface area contributed by atoms with Gasteiger partial charge in [-0.3, -0.25) is 9.20 Å². The lowest BCUT2D eigenvalue weighted by Gasteiger charge is -2.44. The molecule has 1 fully saturated rings. The van der Waals surface area contributed by atoms with Crippen LogP contribution in [0.3, 0.4) is 0 Å². The first-order chi connectivity index (χ1) is 13.8. The number of fused-ring (bicyclic) bond motifs is 2. The fourth-order valence-electron chi connectivity index (χ4n) is 4.81. The van der Waals surface area contributed by atoms with Gasteiger partial charge in [0.25, 0.3) is 0 Å². The predicted molar refractivity (Wildman–Crippen MR) is 101 cm³/mol. The van der Waals surface area contributed by atoms with Crippen LogP contribution in [0.25, 0.3) is 17.3 Å². The Labute approximate surface area is 164 Å². The summed E-state index contributed by atoms with van der Waals surface area (Å²) in [7, 11) is 0. The minimum absolute atomic E-state index is 0.184. The molecule has 148 valence electrons. The number of imidazole rings is 1. The quantitative estimate of drug-likeness (QED) is 0.656. The maximum atomic E-state index is 13.4. The van der Waals surface area contributed by atoms with E-state index in [4.69, 9.17) is 0 Å². The molecule has 1 N–H and O–H groups in total.